The van der Waals surface area contributed by atoms with Crippen LogP contribution in [0.2, 0.25) is 0 Å². The predicted octanol–water partition coefficient (Wildman–Crippen LogP) is 3.33. The summed E-state index contributed by atoms with van der Waals surface area (Å²) in [5.74, 6) is 0.821. The Kier molecular flexibility index (Phi) is 7.58. The molecule has 74 valence electrons. The second-order valence-corrected chi connectivity index (χ2v) is 4.03. The summed E-state index contributed by atoms with van der Waals surface area (Å²) in [7, 11) is 0. The maximum Gasteiger partial charge on any atom is 0.00413 e. The van der Waals surface area contributed by atoms with E-state index in [2.05, 4.69) is 20.8 Å². The zero-order chi connectivity index (χ0) is 9.40. The molecule has 0 aliphatic rings. The van der Waals surface area contributed by atoms with E-state index in [-0.39, 0.29) is 0 Å². The highest BCUT2D eigenvalue weighted by Crippen LogP contribution is 2.14. The molecule has 2 unspecified atom stereocenters. The molecule has 1 nitrogen and oxygen atoms in total. The highest BCUT2D eigenvalue weighted by atomic mass is 14.6. The Balaban J connectivity index is 3.33. The van der Waals surface area contributed by atoms with E-state index in [4.69, 9.17) is 5.73 Å². The highest BCUT2D eigenvalue weighted by molar-refractivity contribution is 4.65. The van der Waals surface area contributed by atoms with Gasteiger partial charge >= 0.3 is 0 Å². The SMILES string of the molecule is CCCCC(N)CC(C)CCC. The summed E-state index contributed by atoms with van der Waals surface area (Å²) in [5, 5.41) is 0. The minimum absolute atomic E-state index is 0.450. The third kappa shape index (κ3) is 6.66. The van der Waals surface area contributed by atoms with Gasteiger partial charge in [0.2, 0.25) is 0 Å². The van der Waals surface area contributed by atoms with Gasteiger partial charge in [0.05, 0.1) is 0 Å². The van der Waals surface area contributed by atoms with Crippen LogP contribution in [0.15, 0.2) is 0 Å². The summed E-state index contributed by atoms with van der Waals surface area (Å²) in [6, 6.07) is 0.450. The molecule has 0 aromatic carbocycles. The minimum Gasteiger partial charge on any atom is -0.328 e. The molecule has 0 saturated heterocycles. The van der Waals surface area contributed by atoms with Gasteiger partial charge in [-0.05, 0) is 18.8 Å². The van der Waals surface area contributed by atoms with Crippen LogP contribution in [0.3, 0.4) is 0 Å². The summed E-state index contributed by atoms with van der Waals surface area (Å²) >= 11 is 0. The van der Waals surface area contributed by atoms with Crippen molar-refractivity contribution in [1.29, 1.82) is 0 Å². The van der Waals surface area contributed by atoms with Crippen LogP contribution in [0.5, 0.6) is 0 Å². The number of rotatable bonds is 7. The fraction of sp³-hybridized carbons (Fsp3) is 1.00. The Bertz CT molecular complexity index is 91.0. The lowest BCUT2D eigenvalue weighted by molar-refractivity contribution is 0.413. The zero-order valence-corrected chi connectivity index (χ0v) is 8.97. The lowest BCUT2D eigenvalue weighted by atomic mass is 9.95. The average Bonchev–Trinajstić information content (AvgIpc) is 2.01. The van der Waals surface area contributed by atoms with Crippen LogP contribution < -0.4 is 5.73 Å². The molecular weight excluding hydrogens is 146 g/mol. The van der Waals surface area contributed by atoms with Gasteiger partial charge in [0.1, 0.15) is 0 Å². The quantitative estimate of drug-likeness (QED) is 0.624. The van der Waals surface area contributed by atoms with Crippen molar-refractivity contribution in [2.75, 3.05) is 0 Å². The molecular formula is C11H25N. The molecule has 0 heterocycles. The lowest BCUT2D eigenvalue weighted by Gasteiger charge is -2.16. The number of hydrogen-bond donors (Lipinski definition) is 1. The Hall–Kier alpha value is -0.0400. The van der Waals surface area contributed by atoms with Crippen molar-refractivity contribution < 1.29 is 0 Å². The van der Waals surface area contributed by atoms with Gasteiger partial charge in [0, 0.05) is 6.04 Å². The van der Waals surface area contributed by atoms with Crippen LogP contribution in [-0.2, 0) is 0 Å². The molecule has 2 atom stereocenters. The Morgan fingerprint density at radius 1 is 1.08 bits per heavy atom. The van der Waals surface area contributed by atoms with Gasteiger partial charge in [-0.2, -0.15) is 0 Å². The number of unbranched alkanes of at least 4 members (excludes halogenated alkanes) is 1. The fourth-order valence-electron chi connectivity index (χ4n) is 1.71. The van der Waals surface area contributed by atoms with Gasteiger partial charge in [0.25, 0.3) is 0 Å². The van der Waals surface area contributed by atoms with Crippen LogP contribution in [0.25, 0.3) is 0 Å². The van der Waals surface area contributed by atoms with E-state index in [1.807, 2.05) is 0 Å². The van der Waals surface area contributed by atoms with E-state index in [0.717, 1.165) is 5.92 Å². The highest BCUT2D eigenvalue weighted by Gasteiger charge is 2.07. The van der Waals surface area contributed by atoms with Gasteiger partial charge in [-0.15, -0.1) is 0 Å². The van der Waals surface area contributed by atoms with Crippen LogP contribution in [-0.4, -0.2) is 6.04 Å². The molecule has 0 amide bonds. The van der Waals surface area contributed by atoms with Gasteiger partial charge < -0.3 is 5.73 Å². The van der Waals surface area contributed by atoms with Crippen molar-refractivity contribution in [3.05, 3.63) is 0 Å². The van der Waals surface area contributed by atoms with Crippen molar-refractivity contribution >= 4 is 0 Å². The minimum atomic E-state index is 0.450. The van der Waals surface area contributed by atoms with Gasteiger partial charge in [-0.1, -0.05) is 46.5 Å². The molecule has 0 spiro atoms. The number of nitrogens with two attached hydrogens (primary N) is 1. The average molecular weight is 171 g/mol. The van der Waals surface area contributed by atoms with Crippen molar-refractivity contribution in [1.82, 2.24) is 0 Å². The standard InChI is InChI=1S/C11H25N/c1-4-6-8-11(12)9-10(3)7-5-2/h10-11H,4-9,12H2,1-3H3. The summed E-state index contributed by atoms with van der Waals surface area (Å²) in [6.07, 6.45) is 7.62. The Labute approximate surface area is 77.7 Å². The van der Waals surface area contributed by atoms with Crippen molar-refractivity contribution in [2.24, 2.45) is 11.7 Å². The molecule has 0 aromatic rings. The van der Waals surface area contributed by atoms with E-state index in [1.165, 1.54) is 38.5 Å². The summed E-state index contributed by atoms with van der Waals surface area (Å²) in [5.41, 5.74) is 5.99. The largest absolute Gasteiger partial charge is 0.328 e. The van der Waals surface area contributed by atoms with Crippen LogP contribution in [0.4, 0.5) is 0 Å². The first-order chi connectivity index (χ1) is 5.70. The van der Waals surface area contributed by atoms with Crippen LogP contribution in [0, 0.1) is 5.92 Å². The summed E-state index contributed by atoms with van der Waals surface area (Å²) in [4.78, 5) is 0. The maximum atomic E-state index is 5.99. The monoisotopic (exact) mass is 171 g/mol. The molecule has 0 aliphatic carbocycles. The second-order valence-electron chi connectivity index (χ2n) is 4.03. The molecule has 1 heteroatoms. The van der Waals surface area contributed by atoms with Gasteiger partial charge in [-0.25, -0.2) is 0 Å². The van der Waals surface area contributed by atoms with E-state index in [9.17, 15) is 0 Å². The topological polar surface area (TPSA) is 26.0 Å². The molecule has 0 radical (unpaired) electrons. The number of hydrogen-bond acceptors (Lipinski definition) is 1. The van der Waals surface area contributed by atoms with E-state index >= 15 is 0 Å². The van der Waals surface area contributed by atoms with Gasteiger partial charge in [-0.3, -0.25) is 0 Å². The molecule has 0 bridgehead atoms. The normalized spacial score (nSPS) is 16.0. The molecule has 2 N–H and O–H groups in total. The smallest absolute Gasteiger partial charge is 0.00413 e. The van der Waals surface area contributed by atoms with E-state index < -0.39 is 0 Å². The Morgan fingerprint density at radius 2 is 1.75 bits per heavy atom. The Morgan fingerprint density at radius 3 is 2.25 bits per heavy atom. The molecule has 12 heavy (non-hydrogen) atoms. The first-order valence-corrected chi connectivity index (χ1v) is 5.46. The molecule has 0 aromatic heterocycles. The predicted molar refractivity (Wildman–Crippen MR) is 56.2 cm³/mol. The third-order valence-electron chi connectivity index (χ3n) is 2.42. The first kappa shape index (κ1) is 12.0. The van der Waals surface area contributed by atoms with Crippen molar-refractivity contribution in [2.45, 2.75) is 65.3 Å². The van der Waals surface area contributed by atoms with Crippen LogP contribution in [0.1, 0.15) is 59.3 Å². The van der Waals surface area contributed by atoms with Crippen molar-refractivity contribution in [3.8, 4) is 0 Å². The van der Waals surface area contributed by atoms with Gasteiger partial charge in [0.15, 0.2) is 0 Å². The lowest BCUT2D eigenvalue weighted by Crippen LogP contribution is -2.22. The van der Waals surface area contributed by atoms with E-state index in [0.29, 0.717) is 6.04 Å². The van der Waals surface area contributed by atoms with Crippen LogP contribution >= 0.6 is 0 Å². The first-order valence-electron chi connectivity index (χ1n) is 5.46. The van der Waals surface area contributed by atoms with Crippen molar-refractivity contribution in [3.63, 3.8) is 0 Å². The molecule has 0 aliphatic heterocycles. The summed E-state index contributed by atoms with van der Waals surface area (Å²) < 4.78 is 0. The zero-order valence-electron chi connectivity index (χ0n) is 8.97. The molecule has 0 saturated carbocycles. The third-order valence-corrected chi connectivity index (χ3v) is 2.42. The summed E-state index contributed by atoms with van der Waals surface area (Å²) in [6.45, 7) is 6.78. The molecule has 0 rings (SSSR count). The molecule has 0 fully saturated rings. The van der Waals surface area contributed by atoms with E-state index in [1.54, 1.807) is 0 Å². The second kappa shape index (κ2) is 7.60. The fourth-order valence-corrected chi connectivity index (χ4v) is 1.71. The maximum absolute atomic E-state index is 5.99.